The van der Waals surface area contributed by atoms with Crippen molar-refractivity contribution in [2.75, 3.05) is 32.7 Å². The molecule has 0 unspecified atom stereocenters. The summed E-state index contributed by atoms with van der Waals surface area (Å²) in [4.78, 5) is 16.8. The molecule has 2 N–H and O–H groups in total. The zero-order valence-electron chi connectivity index (χ0n) is 17.8. The molecule has 1 aromatic carbocycles. The maximum atomic E-state index is 12.2. The molecule has 160 valence electrons. The highest BCUT2D eigenvalue weighted by Crippen LogP contribution is 2.25. The van der Waals surface area contributed by atoms with E-state index in [1.165, 1.54) is 5.56 Å². The van der Waals surface area contributed by atoms with Crippen molar-refractivity contribution in [1.29, 1.82) is 0 Å². The molecule has 1 amide bonds. The first-order valence-electron chi connectivity index (χ1n) is 10.7. The number of carbonyl (C=O) groups is 1. The molecule has 0 aromatic heterocycles. The smallest absolute Gasteiger partial charge is 0.254 e. The summed E-state index contributed by atoms with van der Waals surface area (Å²) >= 11 is 0. The fourth-order valence-corrected chi connectivity index (χ4v) is 3.75. The Balaban J connectivity index is 1.40. The molecule has 30 heavy (non-hydrogen) atoms. The Labute approximate surface area is 179 Å². The molecule has 3 rings (SSSR count). The number of amides is 1. The van der Waals surface area contributed by atoms with Crippen molar-refractivity contribution in [3.63, 3.8) is 0 Å². The van der Waals surface area contributed by atoms with Crippen LogP contribution in [0, 0.1) is 0 Å². The number of piperazine rings is 1. The van der Waals surface area contributed by atoms with Gasteiger partial charge in [-0.1, -0.05) is 48.6 Å². The summed E-state index contributed by atoms with van der Waals surface area (Å²) in [6.45, 7) is 6.90. The lowest BCUT2D eigenvalue weighted by atomic mass is 9.95. The Morgan fingerprint density at radius 2 is 1.90 bits per heavy atom. The van der Waals surface area contributed by atoms with E-state index >= 15 is 0 Å². The summed E-state index contributed by atoms with van der Waals surface area (Å²) < 4.78 is 0. The van der Waals surface area contributed by atoms with Gasteiger partial charge in [0.15, 0.2) is 0 Å². The van der Waals surface area contributed by atoms with Gasteiger partial charge in [-0.2, -0.15) is 5.10 Å². The topological polar surface area (TPSA) is 68.2 Å². The summed E-state index contributed by atoms with van der Waals surface area (Å²) in [5, 5.41) is 14.4. The highest BCUT2D eigenvalue weighted by Gasteiger charge is 2.19. The Morgan fingerprint density at radius 3 is 2.63 bits per heavy atom. The normalized spacial score (nSPS) is 18.9. The Hall–Kier alpha value is -2.70. The van der Waals surface area contributed by atoms with E-state index < -0.39 is 0 Å². The molecule has 1 aliphatic carbocycles. The van der Waals surface area contributed by atoms with Gasteiger partial charge in [0.1, 0.15) is 5.76 Å². The largest absolute Gasteiger partial charge is 0.507 e. The van der Waals surface area contributed by atoms with E-state index in [9.17, 15) is 9.90 Å². The monoisotopic (exact) mass is 408 g/mol. The number of benzene rings is 1. The molecule has 1 saturated heterocycles. The van der Waals surface area contributed by atoms with E-state index in [2.05, 4.69) is 44.6 Å². The van der Waals surface area contributed by atoms with Crippen LogP contribution in [0.25, 0.3) is 0 Å². The third-order valence-corrected chi connectivity index (χ3v) is 5.49. The van der Waals surface area contributed by atoms with Crippen molar-refractivity contribution in [2.24, 2.45) is 5.10 Å². The summed E-state index contributed by atoms with van der Waals surface area (Å²) in [5.74, 6) is 0.156. The Bertz CT molecular complexity index is 819. The molecule has 6 heteroatoms. The predicted octanol–water partition coefficient (Wildman–Crippen LogP) is 3.40. The lowest BCUT2D eigenvalue weighted by Crippen LogP contribution is -2.48. The number of carbonyl (C=O) groups excluding carboxylic acids is 1. The minimum atomic E-state index is -0.128. The number of rotatable bonds is 8. The van der Waals surface area contributed by atoms with Crippen molar-refractivity contribution in [1.82, 2.24) is 15.2 Å². The second-order valence-corrected chi connectivity index (χ2v) is 7.75. The van der Waals surface area contributed by atoms with E-state index in [4.69, 9.17) is 0 Å². The van der Waals surface area contributed by atoms with E-state index in [0.29, 0.717) is 12.1 Å². The number of aliphatic hydroxyl groups is 1. The number of hydrazone groups is 1. The first-order chi connectivity index (χ1) is 14.7. The average Bonchev–Trinajstić information content (AvgIpc) is 2.76. The number of nitrogens with zero attached hydrogens (tertiary/aromatic N) is 3. The molecule has 0 saturated carbocycles. The zero-order chi connectivity index (χ0) is 21.2. The van der Waals surface area contributed by atoms with Gasteiger partial charge in [-0.05, 0) is 37.3 Å². The Kier molecular flexibility index (Phi) is 8.41. The number of hydrogen-bond donors (Lipinski definition) is 2. The summed E-state index contributed by atoms with van der Waals surface area (Å²) in [6, 6.07) is 10.5. The second kappa shape index (κ2) is 11.5. The number of nitrogens with one attached hydrogen (secondary N) is 1. The lowest BCUT2D eigenvalue weighted by Gasteiger charge is -2.34. The zero-order valence-corrected chi connectivity index (χ0v) is 17.8. The van der Waals surface area contributed by atoms with Gasteiger partial charge < -0.3 is 5.11 Å². The maximum absolute atomic E-state index is 12.2. The average molecular weight is 409 g/mol. The van der Waals surface area contributed by atoms with Crippen molar-refractivity contribution < 1.29 is 9.90 Å². The maximum Gasteiger partial charge on any atom is 0.254 e. The van der Waals surface area contributed by atoms with Crippen LogP contribution in [-0.4, -0.2) is 59.8 Å². The van der Waals surface area contributed by atoms with Crippen LogP contribution in [0.5, 0.6) is 0 Å². The minimum absolute atomic E-state index is 0.128. The Morgan fingerprint density at radius 1 is 1.17 bits per heavy atom. The van der Waals surface area contributed by atoms with Crippen LogP contribution in [-0.2, 0) is 11.3 Å². The standard InChI is InChI=1S/C24H32N4O2/c1-2-3-10-21-11-7-12-22(24(21)30)17-25-26-23(29)19-28-15-13-27(14-16-28)18-20-8-5-4-6-9-20/h2-6,8-9,12,17,30H,7,10-11,13-16,18-19H2,1H3,(H,26,29)/b3-2-,25-17+. The SMILES string of the molecule is C/C=C\CC1=C(O)C(/C=N/NC(=O)CN2CCN(Cc3ccccc3)CC2)=CCC1. The van der Waals surface area contributed by atoms with Crippen molar-refractivity contribution in [2.45, 2.75) is 32.7 Å². The minimum Gasteiger partial charge on any atom is -0.507 e. The van der Waals surface area contributed by atoms with E-state index in [0.717, 1.165) is 57.6 Å². The van der Waals surface area contributed by atoms with Gasteiger partial charge in [-0.25, -0.2) is 5.43 Å². The lowest BCUT2D eigenvalue weighted by molar-refractivity contribution is -0.122. The molecule has 1 aliphatic heterocycles. The molecule has 1 fully saturated rings. The molecule has 1 aromatic rings. The molecule has 2 aliphatic rings. The van der Waals surface area contributed by atoms with Gasteiger partial charge in [0.2, 0.25) is 0 Å². The highest BCUT2D eigenvalue weighted by molar-refractivity contribution is 5.86. The van der Waals surface area contributed by atoms with Crippen LogP contribution in [0.3, 0.4) is 0 Å². The first-order valence-corrected chi connectivity index (χ1v) is 10.7. The van der Waals surface area contributed by atoms with Crippen LogP contribution < -0.4 is 5.43 Å². The van der Waals surface area contributed by atoms with Crippen LogP contribution in [0.2, 0.25) is 0 Å². The van der Waals surface area contributed by atoms with E-state index in [1.807, 2.05) is 31.2 Å². The van der Waals surface area contributed by atoms with Gasteiger partial charge in [-0.3, -0.25) is 14.6 Å². The third-order valence-electron chi connectivity index (χ3n) is 5.49. The van der Waals surface area contributed by atoms with Crippen LogP contribution >= 0.6 is 0 Å². The molecular formula is C24H32N4O2. The van der Waals surface area contributed by atoms with Crippen LogP contribution in [0.1, 0.15) is 31.7 Å². The number of hydrogen-bond acceptors (Lipinski definition) is 5. The molecule has 0 bridgehead atoms. The molecule has 6 nitrogen and oxygen atoms in total. The molecule has 0 spiro atoms. The fraction of sp³-hybridized carbons (Fsp3) is 0.417. The van der Waals surface area contributed by atoms with Gasteiger partial charge in [0.25, 0.3) is 5.91 Å². The van der Waals surface area contributed by atoms with Crippen molar-refractivity contribution >= 4 is 12.1 Å². The highest BCUT2D eigenvalue weighted by atomic mass is 16.3. The van der Waals surface area contributed by atoms with Gasteiger partial charge in [0.05, 0.1) is 12.8 Å². The molecule has 0 radical (unpaired) electrons. The fourth-order valence-electron chi connectivity index (χ4n) is 3.75. The van der Waals surface area contributed by atoms with Gasteiger partial charge in [-0.15, -0.1) is 0 Å². The van der Waals surface area contributed by atoms with E-state index in [1.54, 1.807) is 6.21 Å². The summed E-state index contributed by atoms with van der Waals surface area (Å²) in [7, 11) is 0. The van der Waals surface area contributed by atoms with Crippen molar-refractivity contribution in [3.05, 3.63) is 71.0 Å². The van der Waals surface area contributed by atoms with Gasteiger partial charge >= 0.3 is 0 Å². The molecular weight excluding hydrogens is 376 g/mol. The third kappa shape index (κ3) is 6.68. The number of allylic oxidation sites excluding steroid dienone is 5. The number of aliphatic hydroxyl groups excluding tert-OH is 1. The molecule has 1 heterocycles. The predicted molar refractivity (Wildman–Crippen MR) is 121 cm³/mol. The first kappa shape index (κ1) is 22.0. The van der Waals surface area contributed by atoms with Crippen LogP contribution in [0.4, 0.5) is 0 Å². The quantitative estimate of drug-likeness (QED) is 0.393. The van der Waals surface area contributed by atoms with Gasteiger partial charge in [0, 0.05) is 38.3 Å². The van der Waals surface area contributed by atoms with E-state index in [-0.39, 0.29) is 11.7 Å². The van der Waals surface area contributed by atoms with Crippen LogP contribution in [0.15, 0.2) is 70.6 Å². The summed E-state index contributed by atoms with van der Waals surface area (Å²) in [5.41, 5.74) is 5.60. The summed E-state index contributed by atoms with van der Waals surface area (Å²) in [6.07, 6.45) is 9.99. The molecule has 0 atom stereocenters. The van der Waals surface area contributed by atoms with Crippen molar-refractivity contribution in [3.8, 4) is 0 Å². The second-order valence-electron chi connectivity index (χ2n) is 7.75.